The predicted molar refractivity (Wildman–Crippen MR) is 51.9 cm³/mol. The van der Waals surface area contributed by atoms with Gasteiger partial charge in [-0.3, -0.25) is 0 Å². The van der Waals surface area contributed by atoms with Gasteiger partial charge < -0.3 is 5.43 Å². The van der Waals surface area contributed by atoms with Crippen molar-refractivity contribution in [2.24, 2.45) is 0 Å². The van der Waals surface area contributed by atoms with Gasteiger partial charge in [0.05, 0.1) is 17.3 Å². The number of rotatable bonds is 2. The number of hydrogen-bond donors (Lipinski definition) is 2. The number of hydrazine groups is 1. The Balaban J connectivity index is 2.85. The van der Waals surface area contributed by atoms with E-state index in [1.807, 2.05) is 35.0 Å². The summed E-state index contributed by atoms with van der Waals surface area (Å²) in [5.41, 5.74) is 4.41. The van der Waals surface area contributed by atoms with Gasteiger partial charge >= 0.3 is 0 Å². The molecule has 0 spiro atoms. The summed E-state index contributed by atoms with van der Waals surface area (Å²) in [6, 6.07) is 9.30. The van der Waals surface area contributed by atoms with Crippen LogP contribution in [0.2, 0.25) is 0 Å². The zero-order chi connectivity index (χ0) is 8.10. The summed E-state index contributed by atoms with van der Waals surface area (Å²) in [4.78, 5) is 0. The lowest BCUT2D eigenvalue weighted by atomic mass is 10.2. The normalized spacial score (nSPS) is 8.73. The lowest BCUT2D eigenvalue weighted by Gasteiger charge is -2.00. The molecule has 1 aromatic rings. The van der Waals surface area contributed by atoms with Crippen molar-refractivity contribution in [2.75, 3.05) is 5.43 Å². The third-order valence-corrected chi connectivity index (χ3v) is 1.45. The summed E-state index contributed by atoms with van der Waals surface area (Å²) < 4.78 is 2.75. The maximum Gasteiger partial charge on any atom is 0.0992 e. The summed E-state index contributed by atoms with van der Waals surface area (Å²) in [6.07, 6.45) is 0. The molecule has 1 aromatic carbocycles. The van der Waals surface area contributed by atoms with Gasteiger partial charge in [-0.1, -0.05) is 6.07 Å². The predicted octanol–water partition coefficient (Wildman–Crippen LogP) is 1.82. The van der Waals surface area contributed by atoms with Crippen LogP contribution in [-0.4, -0.2) is 0 Å². The number of nitrogens with one attached hydrogen (secondary N) is 2. The fraction of sp³-hybridized carbons (Fsp3) is 0. The molecule has 11 heavy (non-hydrogen) atoms. The van der Waals surface area contributed by atoms with Crippen LogP contribution in [0.15, 0.2) is 24.3 Å². The molecule has 0 atom stereocenters. The Bertz CT molecular complexity index is 279. The van der Waals surface area contributed by atoms with Gasteiger partial charge in [-0.2, -0.15) is 8.90 Å². The number of hydrogen-bond acceptors (Lipinski definition) is 3. The van der Waals surface area contributed by atoms with E-state index in [2.05, 4.69) is 15.1 Å². The van der Waals surface area contributed by atoms with E-state index in [1.54, 1.807) is 12.1 Å². The molecule has 56 valence electrons. The minimum Gasteiger partial charge on any atom is -0.313 e. The van der Waals surface area contributed by atoms with Gasteiger partial charge in [0.2, 0.25) is 0 Å². The molecule has 0 amide bonds. The Hall–Kier alpha value is -0.800. The average molecular weight is 259 g/mol. The van der Waals surface area contributed by atoms with Crippen molar-refractivity contribution in [3.63, 3.8) is 0 Å². The average Bonchev–Trinajstić information content (AvgIpc) is 2.06. The molecule has 0 aliphatic heterocycles. The largest absolute Gasteiger partial charge is 0.313 e. The molecule has 0 aliphatic rings. The molecule has 4 heteroatoms. The first-order chi connectivity index (χ1) is 5.36. The topological polar surface area (TPSA) is 47.9 Å². The molecular formula is C7H6IN3. The third kappa shape index (κ3) is 2.37. The molecule has 0 saturated heterocycles. The summed E-state index contributed by atoms with van der Waals surface area (Å²) in [7, 11) is 0. The molecule has 0 bridgehead atoms. The Kier molecular flexibility index (Phi) is 3.14. The fourth-order valence-corrected chi connectivity index (χ4v) is 1.03. The molecule has 0 fully saturated rings. The van der Waals surface area contributed by atoms with Crippen molar-refractivity contribution in [1.29, 1.82) is 5.26 Å². The van der Waals surface area contributed by atoms with Gasteiger partial charge in [0, 0.05) is 22.9 Å². The maximum atomic E-state index is 8.53. The first-order valence-electron chi connectivity index (χ1n) is 2.98. The van der Waals surface area contributed by atoms with Gasteiger partial charge in [-0.25, -0.2) is 0 Å². The van der Waals surface area contributed by atoms with Crippen LogP contribution in [0.3, 0.4) is 0 Å². The Morgan fingerprint density at radius 2 is 2.27 bits per heavy atom. The van der Waals surface area contributed by atoms with Gasteiger partial charge in [0.25, 0.3) is 0 Å². The highest BCUT2D eigenvalue weighted by atomic mass is 127. The van der Waals surface area contributed by atoms with E-state index < -0.39 is 0 Å². The zero-order valence-corrected chi connectivity index (χ0v) is 7.79. The second-order valence-corrected chi connectivity index (χ2v) is 2.45. The van der Waals surface area contributed by atoms with Crippen molar-refractivity contribution >= 4 is 28.6 Å². The lowest BCUT2D eigenvalue weighted by molar-refractivity contribution is 1.27. The van der Waals surface area contributed by atoms with E-state index in [9.17, 15) is 0 Å². The van der Waals surface area contributed by atoms with E-state index in [0.29, 0.717) is 5.56 Å². The van der Waals surface area contributed by atoms with Crippen molar-refractivity contribution < 1.29 is 0 Å². The van der Waals surface area contributed by atoms with Gasteiger partial charge in [0.15, 0.2) is 0 Å². The summed E-state index contributed by atoms with van der Waals surface area (Å²) in [6.45, 7) is 0. The van der Waals surface area contributed by atoms with Crippen LogP contribution < -0.4 is 9.06 Å². The molecule has 0 saturated carbocycles. The number of nitrogens with zero attached hydrogens (tertiary/aromatic N) is 1. The van der Waals surface area contributed by atoms with E-state index in [4.69, 9.17) is 5.26 Å². The smallest absolute Gasteiger partial charge is 0.0992 e. The van der Waals surface area contributed by atoms with Gasteiger partial charge in [0.1, 0.15) is 0 Å². The monoisotopic (exact) mass is 259 g/mol. The van der Waals surface area contributed by atoms with E-state index >= 15 is 0 Å². The molecule has 1 rings (SSSR count). The maximum absolute atomic E-state index is 8.53. The Labute approximate surface area is 78.9 Å². The molecule has 0 aromatic heterocycles. The second kappa shape index (κ2) is 4.16. The number of benzene rings is 1. The highest BCUT2D eigenvalue weighted by Gasteiger charge is 1.91. The van der Waals surface area contributed by atoms with Crippen molar-refractivity contribution in [3.8, 4) is 6.07 Å². The second-order valence-electron chi connectivity index (χ2n) is 1.91. The molecule has 0 unspecified atom stereocenters. The first-order valence-corrected chi connectivity index (χ1v) is 4.06. The molecule has 0 heterocycles. The SMILES string of the molecule is N#Cc1cccc(NNI)c1. The zero-order valence-electron chi connectivity index (χ0n) is 5.63. The molecule has 0 radical (unpaired) electrons. The molecular weight excluding hydrogens is 253 g/mol. The summed E-state index contributed by atoms with van der Waals surface area (Å²) in [5, 5.41) is 8.53. The molecule has 2 N–H and O–H groups in total. The van der Waals surface area contributed by atoms with Crippen LogP contribution in [0.4, 0.5) is 5.69 Å². The quantitative estimate of drug-likeness (QED) is 0.484. The standard InChI is InChI=1S/C7H6IN3/c8-11-10-7-3-1-2-6(4-7)5-9/h1-4,10-11H. The van der Waals surface area contributed by atoms with E-state index in [-0.39, 0.29) is 0 Å². The lowest BCUT2D eigenvalue weighted by Crippen LogP contribution is -2.07. The van der Waals surface area contributed by atoms with E-state index in [0.717, 1.165) is 5.69 Å². The van der Waals surface area contributed by atoms with Crippen LogP contribution in [0, 0.1) is 11.3 Å². The summed E-state index contributed by atoms with van der Waals surface area (Å²) in [5.74, 6) is 0. The van der Waals surface area contributed by atoms with Gasteiger partial charge in [-0.15, -0.1) is 0 Å². The minimum absolute atomic E-state index is 0.654. The van der Waals surface area contributed by atoms with Crippen LogP contribution in [-0.2, 0) is 0 Å². The third-order valence-electron chi connectivity index (χ3n) is 1.18. The first kappa shape index (κ1) is 8.30. The highest BCUT2D eigenvalue weighted by molar-refractivity contribution is 14.1. The van der Waals surface area contributed by atoms with Crippen molar-refractivity contribution in [3.05, 3.63) is 29.8 Å². The van der Waals surface area contributed by atoms with Crippen molar-refractivity contribution in [1.82, 2.24) is 3.64 Å². The van der Waals surface area contributed by atoms with Crippen LogP contribution in [0.5, 0.6) is 0 Å². The van der Waals surface area contributed by atoms with Crippen LogP contribution >= 0.6 is 22.9 Å². The number of nitriles is 1. The van der Waals surface area contributed by atoms with Gasteiger partial charge in [-0.05, 0) is 18.2 Å². The summed E-state index contributed by atoms with van der Waals surface area (Å²) >= 11 is 1.97. The highest BCUT2D eigenvalue weighted by Crippen LogP contribution is 2.08. The fourth-order valence-electron chi connectivity index (χ4n) is 0.721. The van der Waals surface area contributed by atoms with E-state index in [1.165, 1.54) is 0 Å². The molecule has 0 aliphatic carbocycles. The molecule has 3 nitrogen and oxygen atoms in total. The Morgan fingerprint density at radius 1 is 1.45 bits per heavy atom. The Morgan fingerprint density at radius 3 is 2.91 bits per heavy atom. The minimum atomic E-state index is 0.654. The number of halogens is 1. The number of anilines is 1. The van der Waals surface area contributed by atoms with Crippen LogP contribution in [0.1, 0.15) is 5.56 Å². The van der Waals surface area contributed by atoms with Crippen molar-refractivity contribution in [2.45, 2.75) is 0 Å². The van der Waals surface area contributed by atoms with Crippen LogP contribution in [0.25, 0.3) is 0 Å².